The number of carbonyl (C=O) groups excluding carboxylic acids is 3. The summed E-state index contributed by atoms with van der Waals surface area (Å²) in [7, 11) is 0. The fourth-order valence-corrected chi connectivity index (χ4v) is 0.279. The summed E-state index contributed by atoms with van der Waals surface area (Å²) in [5, 5.41) is 0. The molecule has 0 radical (unpaired) electrons. The van der Waals surface area contributed by atoms with E-state index in [2.05, 4.69) is 10.5 Å². The molecule has 5 nitrogen and oxygen atoms in total. The molecule has 56 valence electrons. The summed E-state index contributed by atoms with van der Waals surface area (Å²) in [5.41, 5.74) is 4.63. The number of primary amides is 1. The van der Waals surface area contributed by atoms with E-state index in [4.69, 9.17) is 0 Å². The van der Waals surface area contributed by atoms with Gasteiger partial charge < -0.3 is 15.3 Å². The van der Waals surface area contributed by atoms with Gasteiger partial charge in [-0.25, -0.2) is 0 Å². The zero-order valence-corrected chi connectivity index (χ0v) is 5.20. The Hall–Kier alpha value is -1.39. The molecule has 2 N–H and O–H groups in total. The van der Waals surface area contributed by atoms with E-state index in [0.29, 0.717) is 6.29 Å². The first-order valence-electron chi connectivity index (χ1n) is 2.54. The molecule has 0 aromatic heterocycles. The summed E-state index contributed by atoms with van der Waals surface area (Å²) in [4.78, 5) is 29.9. The van der Waals surface area contributed by atoms with Gasteiger partial charge in [0.25, 0.3) is 5.91 Å². The second kappa shape index (κ2) is 4.49. The molecule has 5 heteroatoms. The van der Waals surface area contributed by atoms with Crippen LogP contribution in [-0.4, -0.2) is 24.8 Å². The van der Waals surface area contributed by atoms with Gasteiger partial charge in [0.15, 0.2) is 6.61 Å². The molecule has 0 aliphatic heterocycles. The van der Waals surface area contributed by atoms with Gasteiger partial charge in [-0.3, -0.25) is 9.59 Å². The first-order valence-corrected chi connectivity index (χ1v) is 2.54. The van der Waals surface area contributed by atoms with Crippen molar-refractivity contribution >= 4 is 18.2 Å². The number of hydrogen-bond acceptors (Lipinski definition) is 4. The number of hydrogen-bond donors (Lipinski definition) is 1. The van der Waals surface area contributed by atoms with Crippen LogP contribution < -0.4 is 5.73 Å². The monoisotopic (exact) mass is 145 g/mol. The molecule has 0 bridgehead atoms. The Morgan fingerprint density at radius 1 is 1.50 bits per heavy atom. The molecule has 0 atom stereocenters. The Kier molecular flexibility index (Phi) is 3.86. The highest BCUT2D eigenvalue weighted by atomic mass is 16.5. The van der Waals surface area contributed by atoms with Gasteiger partial charge >= 0.3 is 5.97 Å². The highest BCUT2D eigenvalue weighted by Gasteiger charge is 2.01. The molecule has 1 amide bonds. The van der Waals surface area contributed by atoms with Crippen LogP contribution >= 0.6 is 0 Å². The Morgan fingerprint density at radius 2 is 2.10 bits per heavy atom. The zero-order valence-electron chi connectivity index (χ0n) is 5.20. The van der Waals surface area contributed by atoms with Gasteiger partial charge in [0.2, 0.25) is 0 Å². The molecule has 10 heavy (non-hydrogen) atoms. The molecule has 0 fully saturated rings. The highest BCUT2D eigenvalue weighted by Crippen LogP contribution is 1.80. The van der Waals surface area contributed by atoms with Crippen molar-refractivity contribution in [2.45, 2.75) is 6.42 Å². The third-order valence-corrected chi connectivity index (χ3v) is 0.625. The van der Waals surface area contributed by atoms with E-state index in [-0.39, 0.29) is 6.42 Å². The van der Waals surface area contributed by atoms with Gasteiger partial charge in [0, 0.05) is 0 Å². The van der Waals surface area contributed by atoms with Gasteiger partial charge in [-0.15, -0.1) is 0 Å². The lowest BCUT2D eigenvalue weighted by atomic mass is 10.5. The summed E-state index contributed by atoms with van der Waals surface area (Å²) in [6, 6.07) is 0. The summed E-state index contributed by atoms with van der Waals surface area (Å²) in [6.45, 7) is -0.466. The molecule has 0 unspecified atom stereocenters. The molecule has 0 rings (SSSR count). The van der Waals surface area contributed by atoms with Crippen LogP contribution in [0.3, 0.4) is 0 Å². The largest absolute Gasteiger partial charge is 0.455 e. The maximum absolute atomic E-state index is 10.3. The Bertz CT molecular complexity index is 154. The van der Waals surface area contributed by atoms with Crippen molar-refractivity contribution in [3.63, 3.8) is 0 Å². The smallest absolute Gasteiger partial charge is 0.313 e. The average Bonchev–Trinajstić information content (AvgIpc) is 1.85. The first-order chi connectivity index (χ1) is 4.66. The fraction of sp³-hybridized carbons (Fsp3) is 0.400. The Morgan fingerprint density at radius 3 is 2.50 bits per heavy atom. The van der Waals surface area contributed by atoms with Gasteiger partial charge in [-0.2, -0.15) is 0 Å². The summed E-state index contributed by atoms with van der Waals surface area (Å²) < 4.78 is 4.20. The summed E-state index contributed by atoms with van der Waals surface area (Å²) in [5.74, 6) is -1.48. The SMILES string of the molecule is NC(=O)COC(=O)CC=O. The second-order valence-corrected chi connectivity index (χ2v) is 1.50. The standard InChI is InChI=1S/C5H7NO4/c6-4(8)3-10-5(9)1-2-7/h2H,1,3H2,(H2,6,8). The second-order valence-electron chi connectivity index (χ2n) is 1.50. The van der Waals surface area contributed by atoms with E-state index >= 15 is 0 Å². The van der Waals surface area contributed by atoms with E-state index in [1.54, 1.807) is 0 Å². The lowest BCUT2D eigenvalue weighted by molar-refractivity contribution is -0.148. The molecule has 0 saturated heterocycles. The van der Waals surface area contributed by atoms with Gasteiger partial charge in [0.05, 0.1) is 0 Å². The molecule has 0 aromatic rings. The van der Waals surface area contributed by atoms with Crippen molar-refractivity contribution in [1.29, 1.82) is 0 Å². The normalized spacial score (nSPS) is 8.40. The van der Waals surface area contributed by atoms with Crippen LogP contribution in [0.4, 0.5) is 0 Å². The van der Waals surface area contributed by atoms with Crippen LogP contribution in [0, 0.1) is 0 Å². The van der Waals surface area contributed by atoms with Gasteiger partial charge in [-0.1, -0.05) is 0 Å². The van der Waals surface area contributed by atoms with Gasteiger partial charge in [0.1, 0.15) is 12.7 Å². The third kappa shape index (κ3) is 4.76. The zero-order chi connectivity index (χ0) is 7.98. The predicted octanol–water partition coefficient (Wildman–Crippen LogP) is -1.40. The lowest BCUT2D eigenvalue weighted by Crippen LogP contribution is -2.20. The molecular formula is C5H7NO4. The Labute approximate surface area is 57.1 Å². The van der Waals surface area contributed by atoms with Crippen LogP contribution in [0.2, 0.25) is 0 Å². The van der Waals surface area contributed by atoms with Gasteiger partial charge in [-0.05, 0) is 0 Å². The maximum atomic E-state index is 10.3. The van der Waals surface area contributed by atoms with Crippen molar-refractivity contribution < 1.29 is 19.1 Å². The molecular weight excluding hydrogens is 138 g/mol. The van der Waals surface area contributed by atoms with Crippen LogP contribution in [0.25, 0.3) is 0 Å². The summed E-state index contributed by atoms with van der Waals surface area (Å²) in [6.07, 6.45) is 0.0522. The molecule has 0 aliphatic rings. The molecule has 0 saturated carbocycles. The molecule has 0 aromatic carbocycles. The van der Waals surface area contributed by atoms with Crippen molar-refractivity contribution in [2.75, 3.05) is 6.61 Å². The molecule has 0 spiro atoms. The number of aldehydes is 1. The minimum atomic E-state index is -0.742. The van der Waals surface area contributed by atoms with Crippen LogP contribution in [-0.2, 0) is 19.1 Å². The van der Waals surface area contributed by atoms with E-state index in [1.165, 1.54) is 0 Å². The minimum Gasteiger partial charge on any atom is -0.455 e. The molecule has 0 aliphatic carbocycles. The van der Waals surface area contributed by atoms with Crippen LogP contribution in [0.1, 0.15) is 6.42 Å². The third-order valence-electron chi connectivity index (χ3n) is 0.625. The first kappa shape index (κ1) is 8.61. The van der Waals surface area contributed by atoms with Crippen molar-refractivity contribution in [3.8, 4) is 0 Å². The lowest BCUT2D eigenvalue weighted by Gasteiger charge is -1.96. The number of ether oxygens (including phenoxy) is 1. The van der Waals surface area contributed by atoms with Crippen molar-refractivity contribution in [2.24, 2.45) is 5.73 Å². The van der Waals surface area contributed by atoms with E-state index < -0.39 is 18.5 Å². The van der Waals surface area contributed by atoms with E-state index in [1.807, 2.05) is 0 Å². The highest BCUT2D eigenvalue weighted by molar-refractivity contribution is 5.85. The number of carbonyl (C=O) groups is 3. The van der Waals surface area contributed by atoms with E-state index in [0.717, 1.165) is 0 Å². The predicted molar refractivity (Wildman–Crippen MR) is 30.8 cm³/mol. The quantitative estimate of drug-likeness (QED) is 0.299. The number of esters is 1. The number of amides is 1. The maximum Gasteiger partial charge on any atom is 0.313 e. The topological polar surface area (TPSA) is 86.5 Å². The van der Waals surface area contributed by atoms with Crippen molar-refractivity contribution in [1.82, 2.24) is 0 Å². The minimum absolute atomic E-state index is 0.340. The molecule has 0 heterocycles. The Balaban J connectivity index is 3.39. The van der Waals surface area contributed by atoms with Crippen molar-refractivity contribution in [3.05, 3.63) is 0 Å². The number of nitrogens with two attached hydrogens (primary N) is 1. The van der Waals surface area contributed by atoms with Crippen LogP contribution in [0.15, 0.2) is 0 Å². The van der Waals surface area contributed by atoms with Crippen LogP contribution in [0.5, 0.6) is 0 Å². The fourth-order valence-electron chi connectivity index (χ4n) is 0.279. The average molecular weight is 145 g/mol. The number of rotatable bonds is 4. The van der Waals surface area contributed by atoms with E-state index in [9.17, 15) is 14.4 Å². The summed E-state index contributed by atoms with van der Waals surface area (Å²) >= 11 is 0.